The molecule has 1 aliphatic carbocycles. The van der Waals surface area contributed by atoms with Gasteiger partial charge in [0, 0.05) is 21.2 Å². The van der Waals surface area contributed by atoms with E-state index in [1.807, 2.05) is 6.08 Å². The first-order valence-electron chi connectivity index (χ1n) is 5.59. The quantitative estimate of drug-likeness (QED) is 0.782. The highest BCUT2D eigenvalue weighted by molar-refractivity contribution is 9.15. The van der Waals surface area contributed by atoms with E-state index >= 15 is 0 Å². The lowest BCUT2D eigenvalue weighted by Crippen LogP contribution is -2.32. The number of carbonyl (C=O) groups excluding carboxylic acids is 1. The maximum absolute atomic E-state index is 10.9. The number of pyridine rings is 1. The molecule has 1 aliphatic rings. The zero-order valence-electron chi connectivity index (χ0n) is 10.5. The number of nitrogens with zero attached hydrogens (tertiary/aromatic N) is 1. The van der Waals surface area contributed by atoms with Crippen LogP contribution in [0.15, 0.2) is 18.2 Å². The second-order valence-corrected chi connectivity index (χ2v) is 5.63. The summed E-state index contributed by atoms with van der Waals surface area (Å²) in [5.74, 6) is 0.663. The van der Waals surface area contributed by atoms with Gasteiger partial charge >= 0.3 is 0 Å². The first kappa shape index (κ1) is 13.0. The van der Waals surface area contributed by atoms with Crippen molar-refractivity contribution in [1.82, 2.24) is 4.98 Å². The predicted octanol–water partition coefficient (Wildman–Crippen LogP) is 1.78. The molecule has 1 aromatic heterocycles. The molecule has 0 unspecified atom stereocenters. The van der Waals surface area contributed by atoms with Gasteiger partial charge in [0.05, 0.1) is 12.5 Å². The SMILES string of the molecule is COc1cc(C=O)nc2c1=CC(C)(C)C=CC=2Br. The summed E-state index contributed by atoms with van der Waals surface area (Å²) < 4.78 is 6.21. The Morgan fingerprint density at radius 1 is 1.44 bits per heavy atom. The third kappa shape index (κ3) is 2.38. The molecule has 0 saturated carbocycles. The summed E-state index contributed by atoms with van der Waals surface area (Å²) in [4.78, 5) is 15.2. The normalized spacial score (nSPS) is 16.6. The van der Waals surface area contributed by atoms with Gasteiger partial charge in [-0.2, -0.15) is 0 Å². The predicted molar refractivity (Wildman–Crippen MR) is 75.1 cm³/mol. The fourth-order valence-corrected chi connectivity index (χ4v) is 2.32. The van der Waals surface area contributed by atoms with Crippen LogP contribution in [0.1, 0.15) is 24.3 Å². The van der Waals surface area contributed by atoms with E-state index in [9.17, 15) is 4.79 Å². The summed E-state index contributed by atoms with van der Waals surface area (Å²) in [5.41, 5.74) is 0.270. The van der Waals surface area contributed by atoms with Crippen molar-refractivity contribution in [3.8, 4) is 5.75 Å². The molecule has 0 aliphatic heterocycles. The summed E-state index contributed by atoms with van der Waals surface area (Å²) in [7, 11) is 1.59. The van der Waals surface area contributed by atoms with Crippen LogP contribution in [0.3, 0.4) is 0 Å². The minimum absolute atomic E-state index is 0.0953. The Bertz CT molecular complexity index is 644. The van der Waals surface area contributed by atoms with Crippen molar-refractivity contribution < 1.29 is 9.53 Å². The highest BCUT2D eigenvalue weighted by atomic mass is 79.9. The topological polar surface area (TPSA) is 39.2 Å². The molecular formula is C14H14BrNO2. The van der Waals surface area contributed by atoms with Crippen molar-refractivity contribution in [2.24, 2.45) is 5.41 Å². The van der Waals surface area contributed by atoms with E-state index < -0.39 is 0 Å². The van der Waals surface area contributed by atoms with Gasteiger partial charge in [0.15, 0.2) is 6.29 Å². The molecule has 3 nitrogen and oxygen atoms in total. The van der Waals surface area contributed by atoms with Crippen LogP contribution >= 0.6 is 15.9 Å². The Morgan fingerprint density at radius 3 is 2.78 bits per heavy atom. The number of rotatable bonds is 2. The molecule has 2 rings (SSSR count). The molecule has 4 heteroatoms. The van der Waals surface area contributed by atoms with Crippen LogP contribution in [0.4, 0.5) is 0 Å². The van der Waals surface area contributed by atoms with Gasteiger partial charge in [0.25, 0.3) is 0 Å². The summed E-state index contributed by atoms with van der Waals surface area (Å²) in [6.45, 7) is 4.21. The number of allylic oxidation sites excluding steroid dienone is 2. The van der Waals surface area contributed by atoms with Crippen LogP contribution < -0.4 is 15.3 Å². The van der Waals surface area contributed by atoms with Crippen molar-refractivity contribution in [2.45, 2.75) is 13.8 Å². The lowest BCUT2D eigenvalue weighted by molar-refractivity contribution is 0.111. The van der Waals surface area contributed by atoms with Crippen molar-refractivity contribution in [1.29, 1.82) is 0 Å². The molecular weight excluding hydrogens is 294 g/mol. The van der Waals surface area contributed by atoms with Crippen LogP contribution in [0, 0.1) is 5.41 Å². The standard InChI is InChI=1S/C14H14BrNO2/c1-14(2)5-4-11(15)13-10(7-14)12(18-3)6-9(8-17)16-13/h4-8H,1-3H3. The van der Waals surface area contributed by atoms with Crippen LogP contribution in [0.2, 0.25) is 0 Å². The second kappa shape index (κ2) is 4.69. The first-order valence-corrected chi connectivity index (χ1v) is 6.38. The fraction of sp³-hybridized carbons (Fsp3) is 0.286. The monoisotopic (exact) mass is 307 g/mol. The number of methoxy groups -OCH3 is 1. The van der Waals surface area contributed by atoms with Crippen molar-refractivity contribution in [3.63, 3.8) is 0 Å². The molecule has 94 valence electrons. The maximum atomic E-state index is 10.9. The Kier molecular flexibility index (Phi) is 3.39. The molecule has 0 saturated heterocycles. The van der Waals surface area contributed by atoms with Gasteiger partial charge in [-0.05, 0) is 22.0 Å². The molecule has 0 amide bonds. The molecule has 1 aromatic rings. The molecule has 18 heavy (non-hydrogen) atoms. The molecule has 0 N–H and O–H groups in total. The van der Waals surface area contributed by atoms with E-state index in [1.165, 1.54) is 0 Å². The minimum atomic E-state index is -0.0953. The van der Waals surface area contributed by atoms with Crippen molar-refractivity contribution >= 4 is 32.8 Å². The largest absolute Gasteiger partial charge is 0.496 e. The van der Waals surface area contributed by atoms with Crippen molar-refractivity contribution in [3.05, 3.63) is 34.5 Å². The molecule has 0 fully saturated rings. The van der Waals surface area contributed by atoms with Crippen LogP contribution in [0.25, 0.3) is 10.6 Å². The van der Waals surface area contributed by atoms with Gasteiger partial charge in [0.1, 0.15) is 11.4 Å². The Morgan fingerprint density at radius 2 is 2.17 bits per heavy atom. The number of hydrogen-bond donors (Lipinski definition) is 0. The maximum Gasteiger partial charge on any atom is 0.168 e. The smallest absolute Gasteiger partial charge is 0.168 e. The molecule has 0 radical (unpaired) electrons. The third-order valence-electron chi connectivity index (χ3n) is 2.78. The zero-order valence-corrected chi connectivity index (χ0v) is 12.1. The van der Waals surface area contributed by atoms with E-state index in [2.05, 4.69) is 46.9 Å². The number of ether oxygens (including phenoxy) is 1. The number of halogens is 1. The van der Waals surface area contributed by atoms with E-state index in [-0.39, 0.29) is 5.41 Å². The van der Waals surface area contributed by atoms with E-state index in [0.717, 1.165) is 21.3 Å². The Balaban J connectivity index is 2.94. The van der Waals surface area contributed by atoms with E-state index in [1.54, 1.807) is 13.2 Å². The lowest BCUT2D eigenvalue weighted by atomic mass is 9.92. The number of aromatic nitrogens is 1. The number of carbonyl (C=O) groups is 1. The molecule has 0 spiro atoms. The average molecular weight is 308 g/mol. The van der Waals surface area contributed by atoms with Gasteiger partial charge in [-0.25, -0.2) is 4.98 Å². The average Bonchev–Trinajstić information content (AvgIpc) is 2.46. The molecule has 0 bridgehead atoms. The van der Waals surface area contributed by atoms with Gasteiger partial charge in [-0.15, -0.1) is 0 Å². The third-order valence-corrected chi connectivity index (χ3v) is 3.42. The Labute approximate surface area is 114 Å². The van der Waals surface area contributed by atoms with Gasteiger partial charge in [-0.1, -0.05) is 26.0 Å². The minimum Gasteiger partial charge on any atom is -0.496 e. The van der Waals surface area contributed by atoms with Gasteiger partial charge in [-0.3, -0.25) is 4.79 Å². The highest BCUT2D eigenvalue weighted by Gasteiger charge is 2.15. The van der Waals surface area contributed by atoms with Crippen molar-refractivity contribution in [2.75, 3.05) is 7.11 Å². The van der Waals surface area contributed by atoms with Crippen LogP contribution in [-0.2, 0) is 0 Å². The number of hydrogen-bond acceptors (Lipinski definition) is 3. The van der Waals surface area contributed by atoms with Crippen LogP contribution in [0.5, 0.6) is 5.75 Å². The van der Waals surface area contributed by atoms with Crippen LogP contribution in [-0.4, -0.2) is 18.4 Å². The zero-order chi connectivity index (χ0) is 13.3. The summed E-state index contributed by atoms with van der Waals surface area (Å²) >= 11 is 3.49. The molecule has 0 atom stereocenters. The fourth-order valence-electron chi connectivity index (χ4n) is 1.89. The van der Waals surface area contributed by atoms with Gasteiger partial charge < -0.3 is 4.74 Å². The highest BCUT2D eigenvalue weighted by Crippen LogP contribution is 2.23. The second-order valence-electron chi connectivity index (χ2n) is 4.78. The summed E-state index contributed by atoms with van der Waals surface area (Å²) in [6.07, 6.45) is 6.86. The van der Waals surface area contributed by atoms with E-state index in [4.69, 9.17) is 4.74 Å². The first-order chi connectivity index (χ1) is 8.46. The van der Waals surface area contributed by atoms with E-state index in [0.29, 0.717) is 11.4 Å². The van der Waals surface area contributed by atoms with Gasteiger partial charge in [0.2, 0.25) is 0 Å². The Hall–Kier alpha value is -1.42. The molecule has 1 heterocycles. The summed E-state index contributed by atoms with van der Waals surface area (Å²) in [5, 5.41) is 1.64. The lowest BCUT2D eigenvalue weighted by Gasteiger charge is -2.13. The summed E-state index contributed by atoms with van der Waals surface area (Å²) in [6, 6.07) is 1.66. The molecule has 0 aromatic carbocycles. The number of fused-ring (bicyclic) bond motifs is 1. The number of aldehydes is 1.